The Morgan fingerprint density at radius 1 is 0.879 bits per heavy atom. The van der Waals surface area contributed by atoms with Gasteiger partial charge >= 0.3 is 6.18 Å². The molecular formula is C25H22F3N5. The molecule has 0 atom stereocenters. The summed E-state index contributed by atoms with van der Waals surface area (Å²) < 4.78 is 40.3. The third kappa shape index (κ3) is 4.96. The zero-order valence-corrected chi connectivity index (χ0v) is 17.8. The van der Waals surface area contributed by atoms with Gasteiger partial charge in [0.2, 0.25) is 0 Å². The summed E-state index contributed by atoms with van der Waals surface area (Å²) in [4.78, 5) is 11.4. The minimum absolute atomic E-state index is 0.457. The van der Waals surface area contributed by atoms with Crippen LogP contribution in [0.1, 0.15) is 27.9 Å². The molecule has 2 aromatic carbocycles. The van der Waals surface area contributed by atoms with Gasteiger partial charge in [-0.3, -0.25) is 9.58 Å². The molecule has 0 N–H and O–H groups in total. The van der Waals surface area contributed by atoms with Crippen LogP contribution in [0.5, 0.6) is 0 Å². The van der Waals surface area contributed by atoms with E-state index >= 15 is 0 Å². The molecule has 168 valence electrons. The second-order valence-electron chi connectivity index (χ2n) is 8.23. The maximum absolute atomic E-state index is 12.8. The van der Waals surface area contributed by atoms with Crippen molar-refractivity contribution in [2.75, 3.05) is 6.54 Å². The van der Waals surface area contributed by atoms with Crippen molar-refractivity contribution < 1.29 is 13.2 Å². The lowest BCUT2D eigenvalue weighted by atomic mass is 10.1. The van der Waals surface area contributed by atoms with Crippen LogP contribution in [0.25, 0.3) is 11.4 Å². The quantitative estimate of drug-likeness (QED) is 0.432. The molecule has 0 radical (unpaired) electrons. The Morgan fingerprint density at radius 2 is 1.67 bits per heavy atom. The third-order valence-corrected chi connectivity index (χ3v) is 5.76. The maximum atomic E-state index is 12.8. The largest absolute Gasteiger partial charge is 0.416 e. The van der Waals surface area contributed by atoms with E-state index in [1.807, 2.05) is 29.1 Å². The molecule has 4 aromatic rings. The second kappa shape index (κ2) is 8.78. The van der Waals surface area contributed by atoms with Gasteiger partial charge in [-0.15, -0.1) is 0 Å². The van der Waals surface area contributed by atoms with Crippen LogP contribution in [0.15, 0.2) is 73.2 Å². The summed E-state index contributed by atoms with van der Waals surface area (Å²) in [5.41, 5.74) is 4.27. The van der Waals surface area contributed by atoms with E-state index in [4.69, 9.17) is 0 Å². The average molecular weight is 449 g/mol. The van der Waals surface area contributed by atoms with Crippen LogP contribution < -0.4 is 0 Å². The Bertz CT molecular complexity index is 1230. The number of alkyl halides is 3. The number of fused-ring (bicyclic) bond motifs is 1. The van der Waals surface area contributed by atoms with Crippen molar-refractivity contribution in [1.29, 1.82) is 0 Å². The highest BCUT2D eigenvalue weighted by molar-refractivity contribution is 5.56. The van der Waals surface area contributed by atoms with Gasteiger partial charge in [-0.25, -0.2) is 9.97 Å². The van der Waals surface area contributed by atoms with Gasteiger partial charge in [0.05, 0.1) is 24.0 Å². The van der Waals surface area contributed by atoms with Crippen LogP contribution in [0.3, 0.4) is 0 Å². The summed E-state index contributed by atoms with van der Waals surface area (Å²) >= 11 is 0. The summed E-state index contributed by atoms with van der Waals surface area (Å²) in [6, 6.07) is 15.2. The fourth-order valence-corrected chi connectivity index (χ4v) is 4.06. The number of hydrogen-bond acceptors (Lipinski definition) is 4. The van der Waals surface area contributed by atoms with Crippen molar-refractivity contribution in [2.45, 2.75) is 32.2 Å². The van der Waals surface area contributed by atoms with Crippen molar-refractivity contribution in [3.63, 3.8) is 0 Å². The molecule has 0 saturated heterocycles. The predicted octanol–water partition coefficient (Wildman–Crippen LogP) is 4.97. The Balaban J connectivity index is 1.24. The maximum Gasteiger partial charge on any atom is 0.416 e. The number of benzene rings is 2. The summed E-state index contributed by atoms with van der Waals surface area (Å²) in [6.07, 6.45) is 2.19. The van der Waals surface area contributed by atoms with E-state index in [1.165, 1.54) is 17.7 Å². The summed E-state index contributed by atoms with van der Waals surface area (Å²) in [6.45, 7) is 3.10. The van der Waals surface area contributed by atoms with E-state index < -0.39 is 11.7 Å². The molecule has 0 fully saturated rings. The van der Waals surface area contributed by atoms with Crippen molar-refractivity contribution in [2.24, 2.45) is 0 Å². The monoisotopic (exact) mass is 449 g/mol. The smallest absolute Gasteiger partial charge is 0.294 e. The van der Waals surface area contributed by atoms with Gasteiger partial charge in [-0.05, 0) is 17.7 Å². The minimum Gasteiger partial charge on any atom is -0.294 e. The molecule has 0 unspecified atom stereocenters. The molecule has 33 heavy (non-hydrogen) atoms. The van der Waals surface area contributed by atoms with Crippen LogP contribution in [-0.4, -0.2) is 31.2 Å². The topological polar surface area (TPSA) is 46.8 Å². The van der Waals surface area contributed by atoms with E-state index in [1.54, 1.807) is 6.20 Å². The number of rotatable bonds is 5. The highest BCUT2D eigenvalue weighted by Crippen LogP contribution is 2.30. The standard InChI is InChI=1S/C25H22F3N5/c26-25(27,28)22-8-6-20(7-9-22)24-29-13-21-17-32(11-10-23(21)31-24)14-19-12-30-33(16-19)15-18-4-2-1-3-5-18/h1-9,12-13,16H,10-11,14-15,17H2. The average Bonchev–Trinajstić information content (AvgIpc) is 3.25. The van der Waals surface area contributed by atoms with Crippen LogP contribution in [0, 0.1) is 0 Å². The number of aromatic nitrogens is 4. The van der Waals surface area contributed by atoms with Crippen molar-refractivity contribution in [1.82, 2.24) is 24.6 Å². The number of nitrogens with zero attached hydrogens (tertiary/aromatic N) is 5. The zero-order chi connectivity index (χ0) is 22.8. The highest BCUT2D eigenvalue weighted by atomic mass is 19.4. The molecule has 3 heterocycles. The van der Waals surface area contributed by atoms with E-state index in [2.05, 4.69) is 38.3 Å². The summed E-state index contributed by atoms with van der Waals surface area (Å²) in [5.74, 6) is 0.457. The van der Waals surface area contributed by atoms with Crippen molar-refractivity contribution in [3.05, 3.63) is 101 Å². The summed E-state index contributed by atoms with van der Waals surface area (Å²) in [5, 5.41) is 4.48. The number of hydrogen-bond donors (Lipinski definition) is 0. The molecule has 0 spiro atoms. The molecular weight excluding hydrogens is 427 g/mol. The van der Waals surface area contributed by atoms with Gasteiger partial charge in [0.25, 0.3) is 0 Å². The molecule has 0 aliphatic carbocycles. The lowest BCUT2D eigenvalue weighted by Gasteiger charge is -2.27. The van der Waals surface area contributed by atoms with E-state index in [-0.39, 0.29) is 0 Å². The van der Waals surface area contributed by atoms with Crippen LogP contribution in [0.4, 0.5) is 13.2 Å². The zero-order valence-electron chi connectivity index (χ0n) is 17.8. The Morgan fingerprint density at radius 3 is 2.42 bits per heavy atom. The molecule has 5 nitrogen and oxygen atoms in total. The Hall–Kier alpha value is -3.52. The van der Waals surface area contributed by atoms with E-state index in [0.717, 1.165) is 61.6 Å². The minimum atomic E-state index is -4.35. The van der Waals surface area contributed by atoms with Gasteiger partial charge in [0.1, 0.15) is 0 Å². The van der Waals surface area contributed by atoms with Gasteiger partial charge in [-0.2, -0.15) is 18.3 Å². The lowest BCUT2D eigenvalue weighted by molar-refractivity contribution is -0.137. The van der Waals surface area contributed by atoms with Gasteiger partial charge in [-0.1, -0.05) is 42.5 Å². The van der Waals surface area contributed by atoms with Gasteiger partial charge in [0.15, 0.2) is 5.82 Å². The molecule has 0 saturated carbocycles. The second-order valence-corrected chi connectivity index (χ2v) is 8.23. The third-order valence-electron chi connectivity index (χ3n) is 5.76. The molecule has 0 amide bonds. The first-order valence-electron chi connectivity index (χ1n) is 10.7. The van der Waals surface area contributed by atoms with Crippen LogP contribution in [0.2, 0.25) is 0 Å². The first-order valence-corrected chi connectivity index (χ1v) is 10.7. The predicted molar refractivity (Wildman–Crippen MR) is 118 cm³/mol. The van der Waals surface area contributed by atoms with E-state index in [0.29, 0.717) is 11.4 Å². The SMILES string of the molecule is FC(F)(F)c1ccc(-c2ncc3c(n2)CCN(Cc2cnn(Cc4ccccc4)c2)C3)cc1. The van der Waals surface area contributed by atoms with E-state index in [9.17, 15) is 13.2 Å². The van der Waals surface area contributed by atoms with Crippen LogP contribution >= 0.6 is 0 Å². The first kappa shape index (κ1) is 21.3. The first-order chi connectivity index (χ1) is 15.9. The Kier molecular flexibility index (Phi) is 5.68. The van der Waals surface area contributed by atoms with Gasteiger partial charge < -0.3 is 0 Å². The molecule has 0 bridgehead atoms. The summed E-state index contributed by atoms with van der Waals surface area (Å²) in [7, 11) is 0. The molecule has 8 heteroatoms. The van der Waals surface area contributed by atoms with Crippen molar-refractivity contribution in [3.8, 4) is 11.4 Å². The highest BCUT2D eigenvalue weighted by Gasteiger charge is 2.30. The molecule has 1 aliphatic heterocycles. The van der Waals surface area contributed by atoms with Crippen LogP contribution in [-0.2, 0) is 32.2 Å². The molecule has 5 rings (SSSR count). The number of halogens is 3. The fraction of sp³-hybridized carbons (Fsp3) is 0.240. The Labute approximate surface area is 189 Å². The normalized spacial score (nSPS) is 14.3. The fourth-order valence-electron chi connectivity index (χ4n) is 4.06. The van der Waals surface area contributed by atoms with Gasteiger partial charge in [0, 0.05) is 55.1 Å². The lowest BCUT2D eigenvalue weighted by Crippen LogP contribution is -2.30. The molecule has 2 aromatic heterocycles. The van der Waals surface area contributed by atoms with Crippen molar-refractivity contribution >= 4 is 0 Å². The molecule has 1 aliphatic rings.